The van der Waals surface area contributed by atoms with Gasteiger partial charge in [0.15, 0.2) is 0 Å². The number of ether oxygens (including phenoxy) is 1. The van der Waals surface area contributed by atoms with Crippen molar-refractivity contribution in [2.75, 3.05) is 19.0 Å². The van der Waals surface area contributed by atoms with E-state index >= 15 is 0 Å². The largest absolute Gasteiger partial charge is 0.496 e. The molecule has 1 aliphatic heterocycles. The van der Waals surface area contributed by atoms with Crippen molar-refractivity contribution >= 4 is 5.69 Å². The van der Waals surface area contributed by atoms with Crippen molar-refractivity contribution in [1.29, 1.82) is 0 Å². The molecule has 2 heteroatoms. The van der Waals surface area contributed by atoms with E-state index in [1.54, 1.807) is 7.11 Å². The quantitative estimate of drug-likeness (QED) is 0.711. The highest BCUT2D eigenvalue weighted by molar-refractivity contribution is 5.59. The van der Waals surface area contributed by atoms with Crippen LogP contribution in [-0.2, 0) is 6.42 Å². The Balaban J connectivity index is 2.44. The minimum absolute atomic E-state index is 0.980. The molecule has 0 saturated carbocycles. The molecule has 13 heavy (non-hydrogen) atoms. The number of anilines is 1. The summed E-state index contributed by atoms with van der Waals surface area (Å²) in [6, 6.07) is 4.32. The molecular weight excluding hydrogens is 162 g/mol. The van der Waals surface area contributed by atoms with Crippen LogP contribution in [0.25, 0.3) is 0 Å². The number of rotatable bonds is 1. The summed E-state index contributed by atoms with van der Waals surface area (Å²) in [5, 5.41) is 3.38. The van der Waals surface area contributed by atoms with Gasteiger partial charge in [0.1, 0.15) is 5.75 Å². The second kappa shape index (κ2) is 3.29. The zero-order chi connectivity index (χ0) is 9.26. The van der Waals surface area contributed by atoms with Crippen LogP contribution in [0.5, 0.6) is 5.75 Å². The zero-order valence-corrected chi connectivity index (χ0v) is 8.18. The van der Waals surface area contributed by atoms with Gasteiger partial charge < -0.3 is 10.1 Å². The normalized spacial score (nSPS) is 14.6. The van der Waals surface area contributed by atoms with Gasteiger partial charge in [-0.3, -0.25) is 0 Å². The molecule has 0 saturated heterocycles. The maximum atomic E-state index is 5.27. The monoisotopic (exact) mass is 177 g/mol. The first kappa shape index (κ1) is 8.42. The van der Waals surface area contributed by atoms with E-state index in [0.717, 1.165) is 12.3 Å². The first-order valence-electron chi connectivity index (χ1n) is 4.72. The fourth-order valence-corrected chi connectivity index (χ4v) is 1.84. The average molecular weight is 177 g/mol. The lowest BCUT2D eigenvalue weighted by Crippen LogP contribution is -2.11. The Kier molecular flexibility index (Phi) is 2.13. The van der Waals surface area contributed by atoms with Gasteiger partial charge >= 0.3 is 0 Å². The highest BCUT2D eigenvalue weighted by atomic mass is 16.5. The number of hydrogen-bond acceptors (Lipinski definition) is 2. The fraction of sp³-hybridized carbons (Fsp3) is 0.455. The molecule has 0 amide bonds. The SMILES string of the molecule is COc1cc2c(cc1C)CCCN2. The van der Waals surface area contributed by atoms with Crippen molar-refractivity contribution in [3.63, 3.8) is 0 Å². The van der Waals surface area contributed by atoms with Crippen molar-refractivity contribution in [2.45, 2.75) is 19.8 Å². The Morgan fingerprint density at radius 1 is 1.38 bits per heavy atom. The molecule has 1 N–H and O–H groups in total. The van der Waals surface area contributed by atoms with Gasteiger partial charge in [-0.1, -0.05) is 6.07 Å². The molecule has 0 spiro atoms. The maximum absolute atomic E-state index is 5.27. The van der Waals surface area contributed by atoms with E-state index in [-0.39, 0.29) is 0 Å². The minimum atomic E-state index is 0.980. The van der Waals surface area contributed by atoms with Crippen LogP contribution >= 0.6 is 0 Å². The van der Waals surface area contributed by atoms with Gasteiger partial charge in [-0.05, 0) is 30.9 Å². The van der Waals surface area contributed by atoms with Gasteiger partial charge in [0, 0.05) is 18.3 Å². The summed E-state index contributed by atoms with van der Waals surface area (Å²) in [7, 11) is 1.72. The van der Waals surface area contributed by atoms with Crippen molar-refractivity contribution in [3.8, 4) is 5.75 Å². The van der Waals surface area contributed by atoms with E-state index in [1.807, 2.05) is 0 Å². The predicted octanol–water partition coefficient (Wildman–Crippen LogP) is 2.36. The molecule has 0 radical (unpaired) electrons. The van der Waals surface area contributed by atoms with E-state index < -0.39 is 0 Å². The first-order valence-corrected chi connectivity index (χ1v) is 4.72. The van der Waals surface area contributed by atoms with E-state index in [1.165, 1.54) is 29.7 Å². The fourth-order valence-electron chi connectivity index (χ4n) is 1.84. The summed E-state index contributed by atoms with van der Waals surface area (Å²) in [5.41, 5.74) is 3.89. The van der Waals surface area contributed by atoms with Crippen LogP contribution in [-0.4, -0.2) is 13.7 Å². The maximum Gasteiger partial charge on any atom is 0.123 e. The lowest BCUT2D eigenvalue weighted by atomic mass is 10.0. The van der Waals surface area contributed by atoms with Crippen molar-refractivity contribution < 1.29 is 4.74 Å². The van der Waals surface area contributed by atoms with E-state index in [9.17, 15) is 0 Å². The molecule has 70 valence electrons. The minimum Gasteiger partial charge on any atom is -0.496 e. The summed E-state index contributed by atoms with van der Waals surface area (Å²) in [6.07, 6.45) is 2.42. The summed E-state index contributed by atoms with van der Waals surface area (Å²) in [4.78, 5) is 0. The van der Waals surface area contributed by atoms with Crippen LogP contribution in [0.3, 0.4) is 0 Å². The van der Waals surface area contributed by atoms with Gasteiger partial charge in [0.2, 0.25) is 0 Å². The molecule has 0 aromatic heterocycles. The van der Waals surface area contributed by atoms with Crippen molar-refractivity contribution in [3.05, 3.63) is 23.3 Å². The third-order valence-corrected chi connectivity index (χ3v) is 2.56. The molecule has 1 aromatic carbocycles. The topological polar surface area (TPSA) is 21.3 Å². The van der Waals surface area contributed by atoms with Crippen LogP contribution in [0.15, 0.2) is 12.1 Å². The van der Waals surface area contributed by atoms with Crippen LogP contribution in [0.2, 0.25) is 0 Å². The Morgan fingerprint density at radius 3 is 3.00 bits per heavy atom. The van der Waals surface area contributed by atoms with Gasteiger partial charge in [-0.25, -0.2) is 0 Å². The number of fused-ring (bicyclic) bond motifs is 1. The Hall–Kier alpha value is -1.18. The highest BCUT2D eigenvalue weighted by Gasteiger charge is 2.10. The molecule has 1 aliphatic rings. The lowest BCUT2D eigenvalue weighted by molar-refractivity contribution is 0.411. The molecule has 1 aromatic rings. The van der Waals surface area contributed by atoms with Crippen LogP contribution < -0.4 is 10.1 Å². The van der Waals surface area contributed by atoms with Crippen molar-refractivity contribution in [2.24, 2.45) is 0 Å². The standard InChI is InChI=1S/C11H15NO/c1-8-6-9-4-3-5-12-10(9)7-11(8)13-2/h6-7,12H,3-5H2,1-2H3. The smallest absolute Gasteiger partial charge is 0.123 e. The summed E-state index contributed by atoms with van der Waals surface area (Å²) in [6.45, 7) is 3.17. The molecule has 0 unspecified atom stereocenters. The molecule has 2 nitrogen and oxygen atoms in total. The molecule has 2 rings (SSSR count). The van der Waals surface area contributed by atoms with Crippen LogP contribution in [0, 0.1) is 6.92 Å². The Bertz CT molecular complexity index is 320. The summed E-state index contributed by atoms with van der Waals surface area (Å²) >= 11 is 0. The third kappa shape index (κ3) is 1.48. The zero-order valence-electron chi connectivity index (χ0n) is 8.18. The molecular formula is C11H15NO. The van der Waals surface area contributed by atoms with Gasteiger partial charge in [0.05, 0.1) is 7.11 Å². The number of aryl methyl sites for hydroxylation is 2. The predicted molar refractivity (Wildman–Crippen MR) is 54.5 cm³/mol. The summed E-state index contributed by atoms with van der Waals surface area (Å²) in [5.74, 6) is 0.980. The van der Waals surface area contributed by atoms with Crippen LogP contribution in [0.4, 0.5) is 5.69 Å². The highest BCUT2D eigenvalue weighted by Crippen LogP contribution is 2.29. The van der Waals surface area contributed by atoms with E-state index in [4.69, 9.17) is 4.74 Å². The average Bonchev–Trinajstić information content (AvgIpc) is 2.17. The molecule has 0 atom stereocenters. The first-order chi connectivity index (χ1) is 6.31. The van der Waals surface area contributed by atoms with Gasteiger partial charge in [0.25, 0.3) is 0 Å². The van der Waals surface area contributed by atoms with Crippen molar-refractivity contribution in [1.82, 2.24) is 0 Å². The summed E-state index contributed by atoms with van der Waals surface area (Å²) < 4.78 is 5.27. The molecule has 0 aliphatic carbocycles. The Morgan fingerprint density at radius 2 is 2.23 bits per heavy atom. The molecule has 0 bridgehead atoms. The van der Waals surface area contributed by atoms with Gasteiger partial charge in [-0.2, -0.15) is 0 Å². The Labute approximate surface area is 78.9 Å². The van der Waals surface area contributed by atoms with E-state index in [0.29, 0.717) is 0 Å². The number of nitrogens with one attached hydrogen (secondary N) is 1. The molecule has 1 heterocycles. The van der Waals surface area contributed by atoms with Crippen LogP contribution in [0.1, 0.15) is 17.5 Å². The lowest BCUT2D eigenvalue weighted by Gasteiger charge is -2.19. The van der Waals surface area contributed by atoms with E-state index in [2.05, 4.69) is 24.4 Å². The number of benzene rings is 1. The van der Waals surface area contributed by atoms with Gasteiger partial charge in [-0.15, -0.1) is 0 Å². The molecule has 0 fully saturated rings. The second-order valence-corrected chi connectivity index (χ2v) is 3.51. The number of hydrogen-bond donors (Lipinski definition) is 1. The number of methoxy groups -OCH3 is 1. The second-order valence-electron chi connectivity index (χ2n) is 3.51. The third-order valence-electron chi connectivity index (χ3n) is 2.56.